The minimum atomic E-state index is -3.52. The van der Waals surface area contributed by atoms with Gasteiger partial charge in [0.05, 0.1) is 0 Å². The van der Waals surface area contributed by atoms with Crippen LogP contribution in [0.15, 0.2) is 24.3 Å². The Morgan fingerprint density at radius 2 is 2.08 bits per heavy atom. The molecule has 1 aliphatic heterocycles. The first kappa shape index (κ1) is 19.1. The van der Waals surface area contributed by atoms with E-state index >= 15 is 0 Å². The Morgan fingerprint density at radius 1 is 1.42 bits per heavy atom. The van der Waals surface area contributed by atoms with Crippen molar-refractivity contribution in [2.24, 2.45) is 5.92 Å². The van der Waals surface area contributed by atoms with Gasteiger partial charge in [0.1, 0.15) is 0 Å². The fourth-order valence-corrected chi connectivity index (χ4v) is 6.02. The second-order valence-electron chi connectivity index (χ2n) is 6.63. The molecule has 1 unspecified atom stereocenters. The van der Waals surface area contributed by atoms with Gasteiger partial charge >= 0.3 is 143 Å². The van der Waals surface area contributed by atoms with E-state index in [1.807, 2.05) is 0 Å². The number of carboxylic acid groups (broad SMARTS) is 1. The van der Waals surface area contributed by atoms with E-state index in [-0.39, 0.29) is 12.6 Å². The molecule has 1 aromatic carbocycles. The van der Waals surface area contributed by atoms with Crippen LogP contribution in [0.25, 0.3) is 0 Å². The zero-order chi connectivity index (χ0) is 17.7. The summed E-state index contributed by atoms with van der Waals surface area (Å²) >= 11 is 0. The molecule has 0 spiro atoms. The van der Waals surface area contributed by atoms with Crippen LogP contribution in [-0.4, -0.2) is 46.9 Å². The first-order chi connectivity index (χ1) is 11.4. The van der Waals surface area contributed by atoms with Crippen LogP contribution < -0.4 is 10.0 Å². The van der Waals surface area contributed by atoms with Crippen molar-refractivity contribution in [3.8, 4) is 5.75 Å². The molecule has 6 nitrogen and oxygen atoms in total. The second-order valence-corrected chi connectivity index (χ2v) is 9.29. The van der Waals surface area contributed by atoms with Gasteiger partial charge in [-0.2, -0.15) is 0 Å². The van der Waals surface area contributed by atoms with E-state index in [0.717, 1.165) is 19.3 Å². The van der Waals surface area contributed by atoms with Crippen LogP contribution in [0, 0.1) is 5.92 Å². The van der Waals surface area contributed by atoms with E-state index in [1.165, 1.54) is 0 Å². The third-order valence-corrected chi connectivity index (χ3v) is 7.32. The predicted molar refractivity (Wildman–Crippen MR) is 95.9 cm³/mol. The molecule has 0 bridgehead atoms. The Hall–Kier alpha value is -1.20. The summed E-state index contributed by atoms with van der Waals surface area (Å²) in [5.41, 5.74) is 0. The molecule has 1 heterocycles. The number of aliphatic carboxylic acids is 1. The van der Waals surface area contributed by atoms with E-state index in [0.29, 0.717) is 23.6 Å². The van der Waals surface area contributed by atoms with Gasteiger partial charge in [-0.15, -0.1) is 0 Å². The summed E-state index contributed by atoms with van der Waals surface area (Å²) in [4.78, 5) is 22.8. The summed E-state index contributed by atoms with van der Waals surface area (Å²) in [6, 6.07) is 7.09. The van der Waals surface area contributed by atoms with Gasteiger partial charge in [0, 0.05) is 0 Å². The molecular weight excluding hydrogens is 329 g/mol. The van der Waals surface area contributed by atoms with Gasteiger partial charge in [0.2, 0.25) is 0 Å². The number of methoxy groups -OCH3 is 1. The van der Waals surface area contributed by atoms with E-state index in [2.05, 4.69) is 13.8 Å². The molecule has 0 radical (unpaired) electrons. The van der Waals surface area contributed by atoms with Crippen molar-refractivity contribution in [2.75, 3.05) is 20.3 Å². The molecule has 1 saturated heterocycles. The predicted octanol–water partition coefficient (Wildman–Crippen LogP) is 2.42. The number of hydrogen-bond donors (Lipinski definition) is 2. The Kier molecular flexibility index (Phi) is 6.58. The van der Waals surface area contributed by atoms with Gasteiger partial charge in [-0.1, -0.05) is 0 Å². The van der Waals surface area contributed by atoms with Gasteiger partial charge in [-0.3, -0.25) is 0 Å². The summed E-state index contributed by atoms with van der Waals surface area (Å²) in [7, 11) is -1.94. The molecule has 0 amide bonds. The maximum atomic E-state index is 11.4. The van der Waals surface area contributed by atoms with Crippen molar-refractivity contribution in [1.29, 1.82) is 0 Å². The summed E-state index contributed by atoms with van der Waals surface area (Å²) < 4.78 is 12.8. The monoisotopic (exact) mass is 357 g/mol. The molecule has 1 aliphatic rings. The van der Waals surface area contributed by atoms with Crippen LogP contribution in [0.1, 0.15) is 33.1 Å². The average molecular weight is 357 g/mol. The summed E-state index contributed by atoms with van der Waals surface area (Å²) in [5.74, 6) is 0.153. The van der Waals surface area contributed by atoms with Gasteiger partial charge in [0.25, 0.3) is 0 Å². The van der Waals surface area contributed by atoms with Crippen LogP contribution in [-0.2, 0) is 9.32 Å². The molecule has 2 rings (SSSR count). The van der Waals surface area contributed by atoms with Crippen molar-refractivity contribution in [3.63, 3.8) is 0 Å². The number of carbonyl (C=O) groups is 1. The summed E-state index contributed by atoms with van der Waals surface area (Å²) in [5, 5.41) is 10.0. The fraction of sp³-hybridized carbons (Fsp3) is 0.588. The standard InChI is InChI=1S/C17H28NO5P/c1-13(2)11-14-5-4-10-23-24(21,18(14)12-17(19)20)16-8-6-15(22-3)7-9-16/h6-9,13-14,21,24H,4-5,10-12H2,1-3H3,(H,19,20). The number of hydrogen-bond acceptors (Lipinski definition) is 5. The van der Waals surface area contributed by atoms with E-state index < -0.39 is 13.8 Å². The first-order valence-corrected chi connectivity index (χ1v) is 10.2. The fourth-order valence-electron chi connectivity index (χ4n) is 3.25. The van der Waals surface area contributed by atoms with Crippen LogP contribution in [0.5, 0.6) is 5.75 Å². The SMILES string of the molecule is COc1ccc([PH]2(O)OCCCC(CC(C)C)N2CC(=O)O)cc1. The van der Waals surface area contributed by atoms with Gasteiger partial charge in [-0.25, -0.2) is 0 Å². The van der Waals surface area contributed by atoms with Gasteiger partial charge in [-0.05, 0) is 0 Å². The average Bonchev–Trinajstić information content (AvgIpc) is 2.68. The van der Waals surface area contributed by atoms with Gasteiger partial charge < -0.3 is 0 Å². The zero-order valence-electron chi connectivity index (χ0n) is 14.6. The minimum absolute atomic E-state index is 0.00219. The maximum absolute atomic E-state index is 11.4. The van der Waals surface area contributed by atoms with Crippen molar-refractivity contribution in [2.45, 2.75) is 39.2 Å². The molecule has 1 aromatic rings. The third-order valence-electron chi connectivity index (χ3n) is 4.33. The van der Waals surface area contributed by atoms with Crippen LogP contribution in [0.3, 0.4) is 0 Å². The number of carboxylic acids is 1. The molecule has 0 saturated carbocycles. The normalized spacial score (nSPS) is 22.8. The van der Waals surface area contributed by atoms with Crippen molar-refractivity contribution in [3.05, 3.63) is 24.3 Å². The Bertz CT molecular complexity index is 550. The van der Waals surface area contributed by atoms with Crippen LogP contribution in [0.4, 0.5) is 0 Å². The van der Waals surface area contributed by atoms with Crippen molar-refractivity contribution in [1.82, 2.24) is 4.67 Å². The molecule has 2 N–H and O–H groups in total. The quantitative estimate of drug-likeness (QED) is 0.761. The molecule has 1 fully saturated rings. The molecule has 0 aromatic heterocycles. The summed E-state index contributed by atoms with van der Waals surface area (Å²) in [6.07, 6.45) is 2.48. The number of benzene rings is 1. The molecule has 7 heteroatoms. The first-order valence-electron chi connectivity index (χ1n) is 8.36. The Morgan fingerprint density at radius 3 is 2.62 bits per heavy atom. The third kappa shape index (κ3) is 4.45. The van der Waals surface area contributed by atoms with Crippen molar-refractivity contribution < 1.29 is 24.1 Å². The van der Waals surface area contributed by atoms with E-state index in [9.17, 15) is 14.8 Å². The van der Waals surface area contributed by atoms with Crippen LogP contribution >= 0.6 is 7.87 Å². The van der Waals surface area contributed by atoms with Crippen LogP contribution in [0.2, 0.25) is 0 Å². The number of rotatable bonds is 6. The van der Waals surface area contributed by atoms with E-state index in [4.69, 9.17) is 9.26 Å². The Balaban J connectivity index is 2.40. The molecular formula is C17H28NO5P. The zero-order valence-corrected chi connectivity index (χ0v) is 15.6. The molecule has 136 valence electrons. The molecule has 0 aliphatic carbocycles. The molecule has 1 atom stereocenters. The van der Waals surface area contributed by atoms with Crippen molar-refractivity contribution >= 4 is 19.1 Å². The topological polar surface area (TPSA) is 79.2 Å². The summed E-state index contributed by atoms with van der Waals surface area (Å²) in [6.45, 7) is 4.45. The second kappa shape index (κ2) is 8.26. The van der Waals surface area contributed by atoms with Gasteiger partial charge in [0.15, 0.2) is 0 Å². The van der Waals surface area contributed by atoms with E-state index in [1.54, 1.807) is 36.0 Å². The number of ether oxygens (including phenoxy) is 1. The Labute approximate surface area is 143 Å². The molecule has 24 heavy (non-hydrogen) atoms. The number of nitrogens with zero attached hydrogens (tertiary/aromatic N) is 1.